The molecule has 1 aromatic carbocycles. The van der Waals surface area contributed by atoms with E-state index in [9.17, 15) is 8.42 Å². The second kappa shape index (κ2) is 6.49. The average Bonchev–Trinajstić information content (AvgIpc) is 2.99. The van der Waals surface area contributed by atoms with Crippen LogP contribution in [0.4, 0.5) is 0 Å². The molecule has 6 heteroatoms. The van der Waals surface area contributed by atoms with Crippen molar-refractivity contribution in [3.8, 4) is 0 Å². The zero-order valence-electron chi connectivity index (χ0n) is 11.2. The van der Waals surface area contributed by atoms with Crippen LogP contribution in [0.2, 0.25) is 0 Å². The summed E-state index contributed by atoms with van der Waals surface area (Å²) in [5, 5.41) is 1.95. The summed E-state index contributed by atoms with van der Waals surface area (Å²) in [5.74, 6) is 0. The summed E-state index contributed by atoms with van der Waals surface area (Å²) in [6, 6.07) is 10.4. The predicted octanol–water partition coefficient (Wildman–Crippen LogP) is 2.64. The van der Waals surface area contributed by atoms with Crippen molar-refractivity contribution in [1.82, 2.24) is 4.72 Å². The molecular weight excluding hydrogens is 292 g/mol. The van der Waals surface area contributed by atoms with Gasteiger partial charge in [0.1, 0.15) is 0 Å². The van der Waals surface area contributed by atoms with E-state index in [-0.39, 0.29) is 10.9 Å². The van der Waals surface area contributed by atoms with Crippen LogP contribution in [0, 0.1) is 0 Å². The molecule has 2 aromatic rings. The minimum atomic E-state index is -3.53. The Morgan fingerprint density at radius 2 is 2.10 bits per heavy atom. The molecule has 0 aliphatic carbocycles. The fourth-order valence-electron chi connectivity index (χ4n) is 1.93. The van der Waals surface area contributed by atoms with E-state index in [1.54, 1.807) is 29.5 Å². The van der Waals surface area contributed by atoms with Gasteiger partial charge < -0.3 is 5.73 Å². The average molecular weight is 310 g/mol. The number of sulfonamides is 1. The quantitative estimate of drug-likeness (QED) is 0.861. The maximum Gasteiger partial charge on any atom is 0.241 e. The molecule has 0 aliphatic rings. The molecule has 0 spiro atoms. The Balaban J connectivity index is 2.26. The topological polar surface area (TPSA) is 72.2 Å². The lowest BCUT2D eigenvalue weighted by atomic mass is 10.2. The number of hydrogen-bond acceptors (Lipinski definition) is 4. The molecule has 1 aromatic heterocycles. The van der Waals surface area contributed by atoms with Crippen molar-refractivity contribution in [3.63, 3.8) is 0 Å². The minimum absolute atomic E-state index is 0.193. The van der Waals surface area contributed by atoms with Gasteiger partial charge in [-0.05, 0) is 35.6 Å². The highest BCUT2D eigenvalue weighted by molar-refractivity contribution is 7.89. The van der Waals surface area contributed by atoms with Crippen molar-refractivity contribution in [1.29, 1.82) is 0 Å². The Labute approximate surface area is 123 Å². The number of benzene rings is 1. The van der Waals surface area contributed by atoms with E-state index in [0.29, 0.717) is 13.0 Å². The highest BCUT2D eigenvalue weighted by Crippen LogP contribution is 2.24. The number of thiophene rings is 1. The fourth-order valence-corrected chi connectivity index (χ4v) is 4.23. The van der Waals surface area contributed by atoms with E-state index in [4.69, 9.17) is 5.73 Å². The van der Waals surface area contributed by atoms with Gasteiger partial charge in [0.15, 0.2) is 0 Å². The highest BCUT2D eigenvalue weighted by Gasteiger charge is 2.20. The molecule has 1 heterocycles. The van der Waals surface area contributed by atoms with Crippen LogP contribution in [0.3, 0.4) is 0 Å². The zero-order valence-corrected chi connectivity index (χ0v) is 12.9. The van der Waals surface area contributed by atoms with Crippen LogP contribution in [-0.4, -0.2) is 8.42 Å². The van der Waals surface area contributed by atoms with Gasteiger partial charge in [0.05, 0.1) is 10.9 Å². The second-order valence-electron chi connectivity index (χ2n) is 4.45. The van der Waals surface area contributed by atoms with Crippen LogP contribution in [-0.2, 0) is 16.6 Å². The summed E-state index contributed by atoms with van der Waals surface area (Å²) < 4.78 is 27.6. The molecule has 0 saturated heterocycles. The van der Waals surface area contributed by atoms with Crippen molar-refractivity contribution in [2.75, 3.05) is 0 Å². The standard InChI is InChI=1S/C14H18N2O2S2/c1-2-13(14-7-4-8-19-14)16-20(17,18)12-6-3-5-11(9-12)10-15/h3-9,13,16H,2,10,15H2,1H3. The molecule has 1 unspecified atom stereocenters. The molecule has 3 N–H and O–H groups in total. The van der Waals surface area contributed by atoms with Crippen molar-refractivity contribution < 1.29 is 8.42 Å². The van der Waals surface area contributed by atoms with Crippen LogP contribution < -0.4 is 10.5 Å². The van der Waals surface area contributed by atoms with Crippen molar-refractivity contribution in [2.24, 2.45) is 5.73 Å². The molecule has 2 rings (SSSR count). The van der Waals surface area contributed by atoms with Crippen LogP contribution in [0.5, 0.6) is 0 Å². The first-order chi connectivity index (χ1) is 9.56. The molecule has 0 fully saturated rings. The Hall–Kier alpha value is -1.21. The first kappa shape index (κ1) is 15.2. The van der Waals surface area contributed by atoms with Gasteiger partial charge in [0.2, 0.25) is 10.0 Å². The first-order valence-electron chi connectivity index (χ1n) is 6.41. The number of nitrogens with one attached hydrogen (secondary N) is 1. The third kappa shape index (κ3) is 3.46. The van der Waals surface area contributed by atoms with Gasteiger partial charge in [0, 0.05) is 11.4 Å². The van der Waals surface area contributed by atoms with Crippen molar-refractivity contribution in [2.45, 2.75) is 30.8 Å². The molecule has 108 valence electrons. The van der Waals surface area contributed by atoms with E-state index in [1.807, 2.05) is 30.5 Å². The Morgan fingerprint density at radius 1 is 1.30 bits per heavy atom. The van der Waals surface area contributed by atoms with E-state index >= 15 is 0 Å². The van der Waals surface area contributed by atoms with Gasteiger partial charge in [-0.2, -0.15) is 0 Å². The normalized spacial score (nSPS) is 13.3. The molecule has 0 saturated carbocycles. The molecule has 0 bridgehead atoms. The lowest BCUT2D eigenvalue weighted by Crippen LogP contribution is -2.28. The van der Waals surface area contributed by atoms with E-state index in [2.05, 4.69) is 4.72 Å². The van der Waals surface area contributed by atoms with Crippen LogP contribution >= 0.6 is 11.3 Å². The van der Waals surface area contributed by atoms with Crippen molar-refractivity contribution in [3.05, 3.63) is 52.2 Å². The molecule has 0 radical (unpaired) electrons. The molecule has 0 amide bonds. The van der Waals surface area contributed by atoms with Gasteiger partial charge >= 0.3 is 0 Å². The van der Waals surface area contributed by atoms with Gasteiger partial charge in [0.25, 0.3) is 0 Å². The van der Waals surface area contributed by atoms with Crippen LogP contribution in [0.1, 0.15) is 29.8 Å². The molecule has 4 nitrogen and oxygen atoms in total. The first-order valence-corrected chi connectivity index (χ1v) is 8.78. The number of rotatable bonds is 6. The summed E-state index contributed by atoms with van der Waals surface area (Å²) >= 11 is 1.55. The van der Waals surface area contributed by atoms with Gasteiger partial charge in [-0.1, -0.05) is 25.1 Å². The highest BCUT2D eigenvalue weighted by atomic mass is 32.2. The molecule has 0 aliphatic heterocycles. The lowest BCUT2D eigenvalue weighted by Gasteiger charge is -2.16. The third-order valence-electron chi connectivity index (χ3n) is 3.04. The van der Waals surface area contributed by atoms with E-state index in [0.717, 1.165) is 10.4 Å². The maximum absolute atomic E-state index is 12.4. The summed E-state index contributed by atoms with van der Waals surface area (Å²) in [6.07, 6.45) is 0.705. The second-order valence-corrected chi connectivity index (χ2v) is 7.14. The van der Waals surface area contributed by atoms with E-state index in [1.165, 1.54) is 0 Å². The fraction of sp³-hybridized carbons (Fsp3) is 0.286. The van der Waals surface area contributed by atoms with Crippen molar-refractivity contribution >= 4 is 21.4 Å². The predicted molar refractivity (Wildman–Crippen MR) is 82.0 cm³/mol. The number of hydrogen-bond donors (Lipinski definition) is 2. The summed E-state index contributed by atoms with van der Waals surface area (Å²) in [6.45, 7) is 2.29. The van der Waals surface area contributed by atoms with Gasteiger partial charge in [-0.25, -0.2) is 13.1 Å². The summed E-state index contributed by atoms with van der Waals surface area (Å²) in [4.78, 5) is 1.28. The monoisotopic (exact) mass is 310 g/mol. The smallest absolute Gasteiger partial charge is 0.241 e. The van der Waals surface area contributed by atoms with E-state index < -0.39 is 10.0 Å². The molecule has 20 heavy (non-hydrogen) atoms. The summed E-state index contributed by atoms with van der Waals surface area (Å²) in [5.41, 5.74) is 6.36. The third-order valence-corrected chi connectivity index (χ3v) is 5.49. The SMILES string of the molecule is CCC(NS(=O)(=O)c1cccc(CN)c1)c1cccs1. The Kier molecular flexibility index (Phi) is 4.93. The lowest BCUT2D eigenvalue weighted by molar-refractivity contribution is 0.553. The summed E-state index contributed by atoms with van der Waals surface area (Å²) in [7, 11) is -3.53. The molecular formula is C14H18N2O2S2. The zero-order chi connectivity index (χ0) is 14.6. The minimum Gasteiger partial charge on any atom is -0.326 e. The molecule has 1 atom stereocenters. The van der Waals surface area contributed by atoms with Crippen LogP contribution in [0.25, 0.3) is 0 Å². The largest absolute Gasteiger partial charge is 0.326 e. The number of nitrogens with two attached hydrogens (primary N) is 1. The van der Waals surface area contributed by atoms with Gasteiger partial charge in [-0.3, -0.25) is 0 Å². The Bertz CT molecular complexity index is 652. The maximum atomic E-state index is 12.4. The van der Waals surface area contributed by atoms with Gasteiger partial charge in [-0.15, -0.1) is 11.3 Å². The Morgan fingerprint density at radius 3 is 2.70 bits per heavy atom. The van der Waals surface area contributed by atoms with Crippen LogP contribution in [0.15, 0.2) is 46.7 Å².